The van der Waals surface area contributed by atoms with Gasteiger partial charge < -0.3 is 10.2 Å². The van der Waals surface area contributed by atoms with Crippen LogP contribution in [0.5, 0.6) is 0 Å². The van der Waals surface area contributed by atoms with E-state index in [-0.39, 0.29) is 17.0 Å². The molecular formula is C12H18N2O6S. The fraction of sp³-hybridized carbons (Fsp3) is 0.500. The van der Waals surface area contributed by atoms with Crippen molar-refractivity contribution in [3.05, 3.63) is 33.9 Å². The van der Waals surface area contributed by atoms with Crippen LogP contribution in [0, 0.1) is 17.0 Å². The van der Waals surface area contributed by atoms with Crippen LogP contribution in [0.3, 0.4) is 0 Å². The smallest absolute Gasteiger partial charge is 0.273 e. The Morgan fingerprint density at radius 1 is 1.33 bits per heavy atom. The van der Waals surface area contributed by atoms with Crippen molar-refractivity contribution >= 4 is 15.7 Å². The predicted octanol–water partition coefficient (Wildman–Crippen LogP) is 0.315. The van der Waals surface area contributed by atoms with Crippen molar-refractivity contribution in [1.29, 1.82) is 0 Å². The summed E-state index contributed by atoms with van der Waals surface area (Å²) in [6, 6.07) is 3.52. The number of aliphatic hydroxyl groups is 2. The third-order valence-corrected chi connectivity index (χ3v) is 4.90. The van der Waals surface area contributed by atoms with E-state index in [4.69, 9.17) is 0 Å². The minimum absolute atomic E-state index is 0.160. The third-order valence-electron chi connectivity index (χ3n) is 3.32. The molecule has 0 unspecified atom stereocenters. The fourth-order valence-corrected chi connectivity index (χ4v) is 3.18. The van der Waals surface area contributed by atoms with Gasteiger partial charge in [-0.15, -0.1) is 0 Å². The largest absolute Gasteiger partial charge is 0.394 e. The molecule has 0 saturated carbocycles. The molecule has 0 saturated heterocycles. The molecule has 0 amide bonds. The van der Waals surface area contributed by atoms with E-state index in [2.05, 4.69) is 4.72 Å². The Hall–Kier alpha value is -1.55. The summed E-state index contributed by atoms with van der Waals surface area (Å²) in [7, 11) is -4.10. The van der Waals surface area contributed by atoms with E-state index in [1.165, 1.54) is 19.1 Å². The molecule has 0 radical (unpaired) electrons. The molecule has 9 heteroatoms. The highest BCUT2D eigenvalue weighted by atomic mass is 32.2. The Morgan fingerprint density at radius 2 is 1.90 bits per heavy atom. The lowest BCUT2D eigenvalue weighted by atomic mass is 10.0. The number of sulfonamides is 1. The minimum atomic E-state index is -4.10. The van der Waals surface area contributed by atoms with E-state index in [0.717, 1.165) is 6.07 Å². The van der Waals surface area contributed by atoms with Gasteiger partial charge in [0, 0.05) is 11.6 Å². The first kappa shape index (κ1) is 17.5. The molecule has 0 aliphatic carbocycles. The highest BCUT2D eigenvalue weighted by molar-refractivity contribution is 7.89. The first-order chi connectivity index (χ1) is 9.71. The number of hydrogen-bond donors (Lipinski definition) is 3. The Labute approximate surface area is 122 Å². The zero-order valence-corrected chi connectivity index (χ0v) is 12.6. The highest BCUT2D eigenvalue weighted by Crippen LogP contribution is 2.23. The number of aryl methyl sites for hydroxylation is 1. The lowest BCUT2D eigenvalue weighted by Gasteiger charge is -2.29. The number of benzene rings is 1. The molecule has 0 bridgehead atoms. The average molecular weight is 318 g/mol. The summed E-state index contributed by atoms with van der Waals surface area (Å²) in [4.78, 5) is 9.91. The summed E-state index contributed by atoms with van der Waals surface area (Å²) in [6.45, 7) is 1.92. The maximum atomic E-state index is 12.3. The monoisotopic (exact) mass is 318 g/mol. The van der Waals surface area contributed by atoms with Crippen LogP contribution in [0.25, 0.3) is 0 Å². The molecule has 0 fully saturated rings. The van der Waals surface area contributed by atoms with Gasteiger partial charge >= 0.3 is 0 Å². The summed E-state index contributed by atoms with van der Waals surface area (Å²) in [5.74, 6) is 0. The van der Waals surface area contributed by atoms with Crippen LogP contribution in [0.1, 0.15) is 18.9 Å². The molecule has 0 aliphatic heterocycles. The van der Waals surface area contributed by atoms with Crippen LogP contribution < -0.4 is 4.72 Å². The molecule has 0 spiro atoms. The minimum Gasteiger partial charge on any atom is -0.394 e. The molecule has 3 N–H and O–H groups in total. The SMILES string of the molecule is CCC(CO)(CO)NS(=O)(=O)c1ccc(C)c([N+](=O)[O-])c1. The van der Waals surface area contributed by atoms with Gasteiger partial charge in [0.05, 0.1) is 28.6 Å². The number of nitro groups is 1. The Morgan fingerprint density at radius 3 is 2.33 bits per heavy atom. The first-order valence-corrected chi connectivity index (χ1v) is 7.70. The standard InChI is InChI=1S/C12H18N2O6S/c1-3-12(7-15,8-16)13-21(19,20)10-5-4-9(2)11(6-10)14(17)18/h4-6,13,15-16H,3,7-8H2,1-2H3. The van der Waals surface area contributed by atoms with Crippen LogP contribution in [-0.4, -0.2) is 42.3 Å². The van der Waals surface area contributed by atoms with Crippen LogP contribution in [0.4, 0.5) is 5.69 Å². The van der Waals surface area contributed by atoms with Crippen molar-refractivity contribution in [2.75, 3.05) is 13.2 Å². The van der Waals surface area contributed by atoms with Crippen molar-refractivity contribution < 1.29 is 23.6 Å². The van der Waals surface area contributed by atoms with Crippen molar-refractivity contribution in [2.45, 2.75) is 30.7 Å². The van der Waals surface area contributed by atoms with Crippen LogP contribution >= 0.6 is 0 Å². The average Bonchev–Trinajstić information content (AvgIpc) is 2.44. The van der Waals surface area contributed by atoms with E-state index in [1.54, 1.807) is 6.92 Å². The molecule has 118 valence electrons. The lowest BCUT2D eigenvalue weighted by molar-refractivity contribution is -0.385. The van der Waals surface area contributed by atoms with Crippen molar-refractivity contribution in [3.8, 4) is 0 Å². The number of hydrogen-bond acceptors (Lipinski definition) is 6. The van der Waals surface area contributed by atoms with E-state index in [0.29, 0.717) is 5.56 Å². The zero-order valence-electron chi connectivity index (χ0n) is 11.7. The van der Waals surface area contributed by atoms with Gasteiger partial charge in [-0.3, -0.25) is 10.1 Å². The molecular weight excluding hydrogens is 300 g/mol. The van der Waals surface area contributed by atoms with Gasteiger partial charge in [-0.1, -0.05) is 13.0 Å². The number of aliphatic hydroxyl groups excluding tert-OH is 2. The second kappa shape index (κ2) is 6.48. The maximum Gasteiger partial charge on any atom is 0.273 e. The molecule has 1 aromatic rings. The van der Waals surface area contributed by atoms with Gasteiger partial charge in [0.2, 0.25) is 10.0 Å². The Kier molecular flexibility index (Phi) is 5.40. The van der Waals surface area contributed by atoms with Gasteiger partial charge in [0.1, 0.15) is 0 Å². The topological polar surface area (TPSA) is 130 Å². The van der Waals surface area contributed by atoms with Gasteiger partial charge in [-0.2, -0.15) is 0 Å². The number of rotatable bonds is 7. The molecule has 1 rings (SSSR count). The molecule has 0 aliphatic rings. The Bertz CT molecular complexity index is 616. The van der Waals surface area contributed by atoms with Crippen molar-refractivity contribution in [1.82, 2.24) is 4.72 Å². The van der Waals surface area contributed by atoms with E-state index in [1.807, 2.05) is 0 Å². The summed E-state index contributed by atoms with van der Waals surface area (Å²) in [5, 5.41) is 29.4. The number of nitro benzene ring substituents is 1. The first-order valence-electron chi connectivity index (χ1n) is 6.22. The van der Waals surface area contributed by atoms with Crippen molar-refractivity contribution in [2.24, 2.45) is 0 Å². The number of nitrogens with zero attached hydrogens (tertiary/aromatic N) is 1. The maximum absolute atomic E-state index is 12.3. The molecule has 8 nitrogen and oxygen atoms in total. The molecule has 1 aromatic carbocycles. The predicted molar refractivity (Wildman–Crippen MR) is 75.3 cm³/mol. The molecule has 0 heterocycles. The summed E-state index contributed by atoms with van der Waals surface area (Å²) < 4.78 is 26.7. The van der Waals surface area contributed by atoms with Crippen LogP contribution in [0.2, 0.25) is 0 Å². The van der Waals surface area contributed by atoms with Gasteiger partial charge in [-0.05, 0) is 19.4 Å². The lowest BCUT2D eigenvalue weighted by Crippen LogP contribution is -2.53. The summed E-state index contributed by atoms with van der Waals surface area (Å²) in [5.41, 5.74) is -1.38. The second-order valence-electron chi connectivity index (χ2n) is 4.76. The second-order valence-corrected chi connectivity index (χ2v) is 6.44. The molecule has 21 heavy (non-hydrogen) atoms. The summed E-state index contributed by atoms with van der Waals surface area (Å²) in [6.07, 6.45) is 0.160. The van der Waals surface area contributed by atoms with E-state index in [9.17, 15) is 28.7 Å². The van der Waals surface area contributed by atoms with E-state index >= 15 is 0 Å². The number of nitrogens with one attached hydrogen (secondary N) is 1. The van der Waals surface area contributed by atoms with Crippen LogP contribution in [-0.2, 0) is 10.0 Å². The highest BCUT2D eigenvalue weighted by Gasteiger charge is 2.33. The normalized spacial score (nSPS) is 12.4. The third kappa shape index (κ3) is 3.76. The van der Waals surface area contributed by atoms with Crippen molar-refractivity contribution in [3.63, 3.8) is 0 Å². The Balaban J connectivity index is 3.26. The van der Waals surface area contributed by atoms with Gasteiger partial charge in [-0.25, -0.2) is 13.1 Å². The zero-order chi connectivity index (χ0) is 16.3. The van der Waals surface area contributed by atoms with Gasteiger partial charge in [0.25, 0.3) is 5.69 Å². The molecule has 0 atom stereocenters. The molecule has 0 aromatic heterocycles. The van der Waals surface area contributed by atoms with E-state index < -0.39 is 33.7 Å². The summed E-state index contributed by atoms with van der Waals surface area (Å²) >= 11 is 0. The van der Waals surface area contributed by atoms with Crippen LogP contribution in [0.15, 0.2) is 23.1 Å². The fourth-order valence-electron chi connectivity index (χ4n) is 1.71. The quantitative estimate of drug-likeness (QED) is 0.490. The van der Waals surface area contributed by atoms with Gasteiger partial charge in [0.15, 0.2) is 0 Å².